The van der Waals surface area contributed by atoms with Gasteiger partial charge in [0, 0.05) is 51.7 Å². The lowest BCUT2D eigenvalue weighted by molar-refractivity contribution is -0.134. The first-order chi connectivity index (χ1) is 12.7. The summed E-state index contributed by atoms with van der Waals surface area (Å²) in [7, 11) is 0. The summed E-state index contributed by atoms with van der Waals surface area (Å²) < 4.78 is 5.33. The normalized spacial score (nSPS) is 21.4. The van der Waals surface area contributed by atoms with Gasteiger partial charge in [0.25, 0.3) is 0 Å². The molecule has 1 aromatic rings. The van der Waals surface area contributed by atoms with Crippen molar-refractivity contribution < 1.29 is 14.3 Å². The summed E-state index contributed by atoms with van der Waals surface area (Å²) in [6.45, 7) is 6.12. The van der Waals surface area contributed by atoms with Crippen LogP contribution in [0.4, 0.5) is 0 Å². The van der Waals surface area contributed by atoms with Crippen LogP contribution < -0.4 is 10.6 Å². The smallest absolute Gasteiger partial charge is 0.242 e. The summed E-state index contributed by atoms with van der Waals surface area (Å²) >= 11 is 0. The number of amides is 2. The summed E-state index contributed by atoms with van der Waals surface area (Å²) in [6.07, 6.45) is 0.345. The molecule has 0 aliphatic carbocycles. The standard InChI is InChI=1S/C19H28N4O3/c24-18(12-17-15-26-11-6-20-17)21-13-19(25)23-9-7-22(8-10-23)14-16-4-2-1-3-5-16/h1-5,17,20H,6-15H2,(H,21,24). The fraction of sp³-hybridized carbons (Fsp3) is 0.579. The SMILES string of the molecule is O=C(CC1COCCN1)NCC(=O)N1CCN(Cc2ccccc2)CC1. The van der Waals surface area contributed by atoms with Crippen LogP contribution in [0.2, 0.25) is 0 Å². The highest BCUT2D eigenvalue weighted by Gasteiger charge is 2.22. The third-order valence-corrected chi connectivity index (χ3v) is 4.84. The van der Waals surface area contributed by atoms with Gasteiger partial charge in [-0.1, -0.05) is 30.3 Å². The highest BCUT2D eigenvalue weighted by molar-refractivity contribution is 5.85. The first-order valence-electron chi connectivity index (χ1n) is 9.32. The van der Waals surface area contributed by atoms with Crippen molar-refractivity contribution in [2.75, 3.05) is 52.5 Å². The number of carbonyl (C=O) groups is 2. The molecule has 0 radical (unpaired) electrons. The van der Waals surface area contributed by atoms with Crippen LogP contribution in [0.1, 0.15) is 12.0 Å². The molecule has 1 aromatic carbocycles. The Hall–Kier alpha value is -1.96. The van der Waals surface area contributed by atoms with E-state index in [9.17, 15) is 9.59 Å². The molecule has 0 bridgehead atoms. The largest absolute Gasteiger partial charge is 0.378 e. The molecule has 1 unspecified atom stereocenters. The molecule has 0 aromatic heterocycles. The van der Waals surface area contributed by atoms with Crippen LogP contribution in [0.25, 0.3) is 0 Å². The van der Waals surface area contributed by atoms with Gasteiger partial charge < -0.3 is 20.3 Å². The third-order valence-electron chi connectivity index (χ3n) is 4.84. The van der Waals surface area contributed by atoms with Crippen molar-refractivity contribution >= 4 is 11.8 Å². The molecule has 1 atom stereocenters. The van der Waals surface area contributed by atoms with Gasteiger partial charge in [-0.25, -0.2) is 0 Å². The molecule has 2 aliphatic rings. The summed E-state index contributed by atoms with van der Waals surface area (Å²) in [4.78, 5) is 28.5. The Morgan fingerprint density at radius 1 is 1.15 bits per heavy atom. The van der Waals surface area contributed by atoms with Crippen molar-refractivity contribution in [1.82, 2.24) is 20.4 Å². The number of hydrogen-bond donors (Lipinski definition) is 2. The zero-order chi connectivity index (χ0) is 18.2. The topological polar surface area (TPSA) is 73.9 Å². The van der Waals surface area contributed by atoms with E-state index in [1.807, 2.05) is 23.1 Å². The highest BCUT2D eigenvalue weighted by atomic mass is 16.5. The van der Waals surface area contributed by atoms with Gasteiger partial charge in [-0.2, -0.15) is 0 Å². The number of piperazine rings is 1. The van der Waals surface area contributed by atoms with E-state index in [1.165, 1.54) is 5.56 Å². The number of rotatable bonds is 6. The molecule has 2 aliphatic heterocycles. The molecule has 2 N–H and O–H groups in total. The van der Waals surface area contributed by atoms with Gasteiger partial charge in [0.15, 0.2) is 0 Å². The van der Waals surface area contributed by atoms with Crippen molar-refractivity contribution in [2.24, 2.45) is 0 Å². The van der Waals surface area contributed by atoms with Crippen molar-refractivity contribution in [3.05, 3.63) is 35.9 Å². The lowest BCUT2D eigenvalue weighted by Crippen LogP contribution is -2.51. The zero-order valence-corrected chi connectivity index (χ0v) is 15.2. The molecule has 7 heteroatoms. The number of nitrogens with zero attached hydrogens (tertiary/aromatic N) is 2. The first kappa shape index (κ1) is 18.8. The Kier molecular flexibility index (Phi) is 6.99. The molecule has 7 nitrogen and oxygen atoms in total. The van der Waals surface area contributed by atoms with Crippen molar-refractivity contribution in [2.45, 2.75) is 19.0 Å². The minimum Gasteiger partial charge on any atom is -0.378 e. The number of morpholine rings is 1. The van der Waals surface area contributed by atoms with Gasteiger partial charge in [-0.3, -0.25) is 14.5 Å². The van der Waals surface area contributed by atoms with Crippen molar-refractivity contribution in [3.63, 3.8) is 0 Å². The minimum atomic E-state index is -0.107. The van der Waals surface area contributed by atoms with E-state index < -0.39 is 0 Å². The zero-order valence-electron chi connectivity index (χ0n) is 15.2. The summed E-state index contributed by atoms with van der Waals surface area (Å²) in [5.41, 5.74) is 1.29. The Morgan fingerprint density at radius 3 is 2.62 bits per heavy atom. The maximum absolute atomic E-state index is 12.3. The molecular weight excluding hydrogens is 332 g/mol. The molecule has 2 heterocycles. The maximum Gasteiger partial charge on any atom is 0.242 e. The van der Waals surface area contributed by atoms with Gasteiger partial charge in [0.2, 0.25) is 11.8 Å². The number of benzene rings is 1. The molecular formula is C19H28N4O3. The van der Waals surface area contributed by atoms with Gasteiger partial charge in [0.05, 0.1) is 19.8 Å². The summed E-state index contributed by atoms with van der Waals surface area (Å²) in [5.74, 6) is -0.116. The fourth-order valence-corrected chi connectivity index (χ4v) is 3.33. The third kappa shape index (κ3) is 5.79. The van der Waals surface area contributed by atoms with E-state index >= 15 is 0 Å². The number of ether oxygens (including phenoxy) is 1. The van der Waals surface area contributed by atoms with E-state index in [2.05, 4.69) is 27.7 Å². The van der Waals surface area contributed by atoms with E-state index in [1.54, 1.807) is 0 Å². The van der Waals surface area contributed by atoms with Crippen LogP contribution in [0, 0.1) is 0 Å². The van der Waals surface area contributed by atoms with Crippen molar-refractivity contribution in [1.29, 1.82) is 0 Å². The fourth-order valence-electron chi connectivity index (χ4n) is 3.33. The number of carbonyl (C=O) groups excluding carboxylic acids is 2. The van der Waals surface area contributed by atoms with Crippen LogP contribution in [0.5, 0.6) is 0 Å². The predicted octanol–water partition coefficient (Wildman–Crippen LogP) is -0.174. The molecule has 0 saturated carbocycles. The Morgan fingerprint density at radius 2 is 1.92 bits per heavy atom. The van der Waals surface area contributed by atoms with E-state index in [4.69, 9.17) is 4.74 Å². The van der Waals surface area contributed by atoms with Crippen LogP contribution in [0.15, 0.2) is 30.3 Å². The van der Waals surface area contributed by atoms with E-state index in [0.29, 0.717) is 32.7 Å². The lowest BCUT2D eigenvalue weighted by Gasteiger charge is -2.34. The average molecular weight is 360 g/mol. The molecule has 2 amide bonds. The lowest BCUT2D eigenvalue weighted by atomic mass is 10.2. The molecule has 142 valence electrons. The van der Waals surface area contributed by atoms with Gasteiger partial charge >= 0.3 is 0 Å². The predicted molar refractivity (Wildman–Crippen MR) is 98.5 cm³/mol. The van der Waals surface area contributed by atoms with E-state index in [-0.39, 0.29) is 24.4 Å². The summed E-state index contributed by atoms with van der Waals surface area (Å²) in [5, 5.41) is 5.98. The van der Waals surface area contributed by atoms with Gasteiger partial charge in [-0.15, -0.1) is 0 Å². The Balaban J connectivity index is 1.33. The summed E-state index contributed by atoms with van der Waals surface area (Å²) in [6, 6.07) is 10.4. The second-order valence-electron chi connectivity index (χ2n) is 6.85. The average Bonchev–Trinajstić information content (AvgIpc) is 2.68. The van der Waals surface area contributed by atoms with Crippen LogP contribution in [-0.2, 0) is 20.9 Å². The molecule has 2 fully saturated rings. The van der Waals surface area contributed by atoms with Crippen LogP contribution >= 0.6 is 0 Å². The number of nitrogens with one attached hydrogen (secondary N) is 2. The monoisotopic (exact) mass is 360 g/mol. The van der Waals surface area contributed by atoms with Gasteiger partial charge in [-0.05, 0) is 5.56 Å². The maximum atomic E-state index is 12.3. The molecule has 26 heavy (non-hydrogen) atoms. The Labute approximate surface area is 154 Å². The van der Waals surface area contributed by atoms with Crippen LogP contribution in [0.3, 0.4) is 0 Å². The molecule has 0 spiro atoms. The minimum absolute atomic E-state index is 0.00874. The quantitative estimate of drug-likeness (QED) is 0.737. The molecule has 3 rings (SSSR count). The molecule has 2 saturated heterocycles. The van der Waals surface area contributed by atoms with Crippen LogP contribution in [-0.4, -0.2) is 80.1 Å². The first-order valence-corrected chi connectivity index (χ1v) is 9.32. The highest BCUT2D eigenvalue weighted by Crippen LogP contribution is 2.08. The number of hydrogen-bond acceptors (Lipinski definition) is 5. The second kappa shape index (κ2) is 9.66. The van der Waals surface area contributed by atoms with Crippen molar-refractivity contribution in [3.8, 4) is 0 Å². The second-order valence-corrected chi connectivity index (χ2v) is 6.85. The van der Waals surface area contributed by atoms with Gasteiger partial charge in [0.1, 0.15) is 0 Å². The van der Waals surface area contributed by atoms with E-state index in [0.717, 1.165) is 26.2 Å². The Bertz CT molecular complexity index is 582.